The molecule has 1 unspecified atom stereocenters. The number of aliphatic imine (C=N–C) groups is 1. The van der Waals surface area contributed by atoms with Crippen LogP contribution in [-0.4, -0.2) is 29.6 Å². The first-order chi connectivity index (χ1) is 6.27. The van der Waals surface area contributed by atoms with Crippen LogP contribution in [0.3, 0.4) is 0 Å². The summed E-state index contributed by atoms with van der Waals surface area (Å²) in [6.07, 6.45) is 0.683. The van der Waals surface area contributed by atoms with E-state index in [1.54, 1.807) is 0 Å². The highest BCUT2D eigenvalue weighted by Gasteiger charge is 2.26. The lowest BCUT2D eigenvalue weighted by molar-refractivity contribution is -0.214. The maximum atomic E-state index is 10.7. The highest BCUT2D eigenvalue weighted by molar-refractivity contribution is 5.81. The van der Waals surface area contributed by atoms with Crippen molar-refractivity contribution in [3.05, 3.63) is 0 Å². The van der Waals surface area contributed by atoms with Crippen molar-refractivity contribution < 1.29 is 19.2 Å². The van der Waals surface area contributed by atoms with Gasteiger partial charge in [-0.15, -0.1) is 0 Å². The molecule has 1 rings (SSSR count). The lowest BCUT2D eigenvalue weighted by atomic mass is 10.5. The Morgan fingerprint density at radius 1 is 1.46 bits per heavy atom. The summed E-state index contributed by atoms with van der Waals surface area (Å²) in [5.74, 6) is -0.888. The van der Waals surface area contributed by atoms with E-state index in [9.17, 15) is 14.4 Å². The van der Waals surface area contributed by atoms with Crippen molar-refractivity contribution in [1.29, 1.82) is 0 Å². The molecule has 1 heterocycles. The van der Waals surface area contributed by atoms with E-state index in [0.29, 0.717) is 5.28 Å². The lowest BCUT2D eigenvalue weighted by Gasteiger charge is -2.14. The second-order valence-electron chi connectivity index (χ2n) is 1.65. The highest BCUT2D eigenvalue weighted by Crippen LogP contribution is 2.08. The van der Waals surface area contributed by atoms with E-state index in [2.05, 4.69) is 25.3 Å². The van der Waals surface area contributed by atoms with Crippen molar-refractivity contribution >= 4 is 18.1 Å². The van der Waals surface area contributed by atoms with Gasteiger partial charge in [0.1, 0.15) is 0 Å². The normalized spacial score (nSPS) is 20.5. The van der Waals surface area contributed by atoms with Crippen LogP contribution in [0.1, 0.15) is 0 Å². The van der Waals surface area contributed by atoms with Crippen LogP contribution in [0.15, 0.2) is 20.4 Å². The molecule has 9 nitrogen and oxygen atoms in total. The van der Waals surface area contributed by atoms with Crippen LogP contribution in [0.2, 0.25) is 0 Å². The van der Waals surface area contributed by atoms with Crippen molar-refractivity contribution in [3.8, 4) is 0 Å². The number of isocyanates is 2. The minimum Gasteiger partial charge on any atom is -0.265 e. The van der Waals surface area contributed by atoms with Crippen LogP contribution in [0.5, 0.6) is 0 Å². The van der Waals surface area contributed by atoms with Gasteiger partial charge in [-0.25, -0.2) is 9.59 Å². The number of carbonyl (C=O) groups excluding carboxylic acids is 3. The monoisotopic (exact) mass is 183 g/mol. The quantitative estimate of drug-likeness (QED) is 0.404. The molecule has 0 aromatic rings. The first kappa shape index (κ1) is 8.88. The smallest absolute Gasteiger partial charge is 0.265 e. The predicted molar refractivity (Wildman–Crippen MR) is 32.8 cm³/mol. The molecule has 0 spiro atoms. The molecule has 0 fully saturated rings. The number of hydrazone groups is 1. The van der Waals surface area contributed by atoms with E-state index in [1.807, 2.05) is 0 Å². The summed E-state index contributed by atoms with van der Waals surface area (Å²) >= 11 is 0. The number of rotatable bonds is 2. The van der Waals surface area contributed by atoms with E-state index < -0.39 is 12.1 Å². The Kier molecular flexibility index (Phi) is 2.72. The lowest BCUT2D eigenvalue weighted by Crippen LogP contribution is -2.30. The summed E-state index contributed by atoms with van der Waals surface area (Å²) in [5, 5.41) is 9.14. The van der Waals surface area contributed by atoms with Gasteiger partial charge in [-0.05, 0) is 15.6 Å². The SMILES string of the molecule is O=C=NC1ON(N=C=O)N=NC1=O. The molecule has 9 heteroatoms. The van der Waals surface area contributed by atoms with E-state index in [-0.39, 0.29) is 0 Å². The predicted octanol–water partition coefficient (Wildman–Crippen LogP) is -0.960. The van der Waals surface area contributed by atoms with Crippen molar-refractivity contribution in [3.63, 3.8) is 0 Å². The highest BCUT2D eigenvalue weighted by atomic mass is 16.8. The van der Waals surface area contributed by atoms with Crippen molar-refractivity contribution in [2.45, 2.75) is 6.23 Å². The largest absolute Gasteiger partial charge is 0.321 e. The van der Waals surface area contributed by atoms with Crippen molar-refractivity contribution in [1.82, 2.24) is 5.28 Å². The van der Waals surface area contributed by atoms with Crippen molar-refractivity contribution in [2.75, 3.05) is 0 Å². The van der Waals surface area contributed by atoms with Gasteiger partial charge in [-0.3, -0.25) is 4.79 Å². The maximum absolute atomic E-state index is 10.7. The fraction of sp³-hybridized carbons (Fsp3) is 0.250. The number of hydrogen-bond acceptors (Lipinski definition) is 8. The summed E-state index contributed by atoms with van der Waals surface area (Å²) in [4.78, 5) is 37.6. The van der Waals surface area contributed by atoms with Gasteiger partial charge in [0, 0.05) is 0 Å². The van der Waals surface area contributed by atoms with Gasteiger partial charge in [0.2, 0.25) is 6.08 Å². The van der Waals surface area contributed by atoms with E-state index >= 15 is 0 Å². The Hall–Kier alpha value is -2.21. The molecule has 0 bridgehead atoms. The molecule has 1 atom stereocenters. The van der Waals surface area contributed by atoms with Gasteiger partial charge in [0.15, 0.2) is 0 Å². The average molecular weight is 183 g/mol. The van der Waals surface area contributed by atoms with Crippen LogP contribution in [0.25, 0.3) is 0 Å². The van der Waals surface area contributed by atoms with Gasteiger partial charge in [0.25, 0.3) is 12.3 Å². The molecule has 0 aromatic heterocycles. The molecule has 66 valence electrons. The summed E-state index contributed by atoms with van der Waals surface area (Å²) < 4.78 is 0. The first-order valence-corrected chi connectivity index (χ1v) is 2.85. The Labute approximate surface area is 70.3 Å². The molecule has 0 N–H and O–H groups in total. The Morgan fingerprint density at radius 2 is 2.23 bits per heavy atom. The molecule has 1 aliphatic rings. The van der Waals surface area contributed by atoms with Crippen LogP contribution < -0.4 is 0 Å². The van der Waals surface area contributed by atoms with Gasteiger partial charge in [-0.1, -0.05) is 5.11 Å². The fourth-order valence-corrected chi connectivity index (χ4v) is 0.492. The third kappa shape index (κ3) is 2.11. The maximum Gasteiger partial charge on any atom is 0.321 e. The molecule has 0 aromatic carbocycles. The number of amides is 1. The van der Waals surface area contributed by atoms with Gasteiger partial charge < -0.3 is 0 Å². The van der Waals surface area contributed by atoms with Gasteiger partial charge in [-0.2, -0.15) is 9.83 Å². The molecule has 0 aliphatic carbocycles. The Bertz CT molecular complexity index is 338. The second kappa shape index (κ2) is 3.98. The van der Waals surface area contributed by atoms with E-state index in [1.165, 1.54) is 0 Å². The van der Waals surface area contributed by atoms with Crippen LogP contribution in [-0.2, 0) is 19.2 Å². The Morgan fingerprint density at radius 3 is 2.85 bits per heavy atom. The minimum absolute atomic E-state index is 0.319. The molecule has 0 saturated heterocycles. The third-order valence-electron chi connectivity index (χ3n) is 0.922. The second-order valence-corrected chi connectivity index (χ2v) is 1.65. The van der Waals surface area contributed by atoms with Crippen LogP contribution in [0.4, 0.5) is 0 Å². The molecule has 1 amide bonds. The van der Waals surface area contributed by atoms with Crippen LogP contribution in [0, 0.1) is 0 Å². The number of nitrogens with zero attached hydrogens (tertiary/aromatic N) is 5. The zero-order valence-corrected chi connectivity index (χ0v) is 5.95. The third-order valence-corrected chi connectivity index (χ3v) is 0.922. The zero-order valence-electron chi connectivity index (χ0n) is 5.95. The van der Waals surface area contributed by atoms with Crippen molar-refractivity contribution in [2.24, 2.45) is 20.4 Å². The minimum atomic E-state index is -1.49. The average Bonchev–Trinajstić information content (AvgIpc) is 2.12. The van der Waals surface area contributed by atoms with Crippen LogP contribution >= 0.6 is 0 Å². The first-order valence-electron chi connectivity index (χ1n) is 2.85. The van der Waals surface area contributed by atoms with E-state index in [4.69, 9.17) is 0 Å². The molecule has 0 saturated carbocycles. The number of hydrogen-bond donors (Lipinski definition) is 0. The Balaban J connectivity index is 2.81. The standard InChI is InChI=1S/C4HN5O4/c10-1-5-4-3(12)7-8-9(13-4)6-2-11/h4H. The fourth-order valence-electron chi connectivity index (χ4n) is 0.492. The molecule has 1 aliphatic heterocycles. The summed E-state index contributed by atoms with van der Waals surface area (Å²) in [6.45, 7) is 0. The summed E-state index contributed by atoms with van der Waals surface area (Å²) in [5.41, 5.74) is 0. The number of carbonyl (C=O) groups is 1. The van der Waals surface area contributed by atoms with E-state index in [0.717, 1.165) is 12.2 Å². The molecular formula is C4HN5O4. The topological polar surface area (TPSA) is 113 Å². The molecule has 13 heavy (non-hydrogen) atoms. The summed E-state index contributed by atoms with van der Waals surface area (Å²) in [7, 11) is 0. The van der Waals surface area contributed by atoms with Gasteiger partial charge in [0.05, 0.1) is 0 Å². The van der Waals surface area contributed by atoms with Gasteiger partial charge >= 0.3 is 5.91 Å². The molecular weight excluding hydrogens is 182 g/mol. The summed E-state index contributed by atoms with van der Waals surface area (Å²) in [6, 6.07) is 0. The zero-order chi connectivity index (χ0) is 9.68. The molecule has 0 radical (unpaired) electrons.